The SMILES string of the molecule is Cc1ccc(N(C(=O)c2cn(Cc3ccc(N(C)C(=O)OC(C)(C)C)cc3Cl)c(C)n2)[SH](=O)=O)cc1. The zero-order valence-corrected chi connectivity index (χ0v) is 22.6. The maximum Gasteiger partial charge on any atom is 0.414 e. The highest BCUT2D eigenvalue weighted by molar-refractivity contribution is 7.75. The van der Waals surface area contributed by atoms with Crippen molar-refractivity contribution in [3.63, 3.8) is 0 Å². The summed E-state index contributed by atoms with van der Waals surface area (Å²) < 4.78 is 31.6. The van der Waals surface area contributed by atoms with Gasteiger partial charge in [0, 0.05) is 24.0 Å². The molecular weight excluding hydrogens is 504 g/mol. The Labute approximate surface area is 217 Å². The maximum absolute atomic E-state index is 13.0. The van der Waals surface area contributed by atoms with Crippen molar-refractivity contribution in [2.45, 2.75) is 46.8 Å². The van der Waals surface area contributed by atoms with E-state index in [4.69, 9.17) is 16.3 Å². The number of hydrogen-bond donors (Lipinski definition) is 1. The lowest BCUT2D eigenvalue weighted by atomic mass is 10.2. The number of benzene rings is 2. The van der Waals surface area contributed by atoms with Crippen LogP contribution >= 0.6 is 11.6 Å². The lowest BCUT2D eigenvalue weighted by molar-refractivity contribution is 0.0589. The molecule has 3 rings (SSSR count). The van der Waals surface area contributed by atoms with E-state index >= 15 is 0 Å². The number of rotatable bonds is 6. The van der Waals surface area contributed by atoms with Gasteiger partial charge in [0.2, 0.25) is 10.9 Å². The molecule has 0 bridgehead atoms. The highest BCUT2D eigenvalue weighted by atomic mass is 35.5. The number of aryl methyl sites for hydroxylation is 2. The van der Waals surface area contributed by atoms with Gasteiger partial charge in [0.25, 0.3) is 5.91 Å². The average Bonchev–Trinajstić information content (AvgIpc) is 3.15. The van der Waals surface area contributed by atoms with Gasteiger partial charge in [-0.25, -0.2) is 22.5 Å². The van der Waals surface area contributed by atoms with Gasteiger partial charge in [-0.1, -0.05) is 35.4 Å². The fourth-order valence-corrected chi connectivity index (χ4v) is 4.15. The molecule has 0 fully saturated rings. The topological polar surface area (TPSA) is 102 Å². The second-order valence-corrected chi connectivity index (χ2v) is 10.6. The van der Waals surface area contributed by atoms with Crippen LogP contribution in [-0.2, 0) is 22.2 Å². The Hall–Kier alpha value is -3.37. The molecule has 0 saturated carbocycles. The quantitative estimate of drug-likeness (QED) is 0.460. The summed E-state index contributed by atoms with van der Waals surface area (Å²) in [6.45, 7) is 9.23. The minimum absolute atomic E-state index is 0.00956. The van der Waals surface area contributed by atoms with E-state index in [1.54, 1.807) is 81.8 Å². The van der Waals surface area contributed by atoms with Gasteiger partial charge in [-0.05, 0) is 64.4 Å². The lowest BCUT2D eigenvalue weighted by Crippen LogP contribution is -2.34. The summed E-state index contributed by atoms with van der Waals surface area (Å²) in [4.78, 5) is 31.0. The van der Waals surface area contributed by atoms with Crippen molar-refractivity contribution < 1.29 is 22.7 Å². The monoisotopic (exact) mass is 532 g/mol. The van der Waals surface area contributed by atoms with E-state index in [0.29, 0.717) is 20.8 Å². The summed E-state index contributed by atoms with van der Waals surface area (Å²) in [6.07, 6.45) is 0.990. The molecule has 36 heavy (non-hydrogen) atoms. The zero-order chi connectivity index (χ0) is 26.8. The standard InChI is InChI=1S/C25H29ClN4O5S/c1-16-7-10-19(11-8-16)30(36(33)34)23(31)22-15-29(17(2)27-22)14-18-9-12-20(13-21(18)26)28(6)24(32)35-25(3,4)5/h7-13,15,36H,14H2,1-6H3. The number of anilines is 2. The summed E-state index contributed by atoms with van der Waals surface area (Å²) >= 11 is 6.50. The van der Waals surface area contributed by atoms with E-state index in [-0.39, 0.29) is 17.9 Å². The smallest absolute Gasteiger partial charge is 0.414 e. The van der Waals surface area contributed by atoms with Gasteiger partial charge < -0.3 is 9.30 Å². The summed E-state index contributed by atoms with van der Waals surface area (Å²) in [5.41, 5.74) is 1.82. The first-order valence-corrected chi connectivity index (χ1v) is 12.6. The van der Waals surface area contributed by atoms with Gasteiger partial charge in [-0.15, -0.1) is 0 Å². The lowest BCUT2D eigenvalue weighted by Gasteiger charge is -2.25. The number of carbonyl (C=O) groups is 2. The number of imidazole rings is 1. The Balaban J connectivity index is 1.82. The molecule has 0 aliphatic heterocycles. The molecule has 1 aromatic heterocycles. The predicted octanol–water partition coefficient (Wildman–Crippen LogP) is 4.75. The normalized spacial score (nSPS) is 11.4. The molecule has 2 aromatic carbocycles. The molecule has 0 N–H and O–H groups in total. The van der Waals surface area contributed by atoms with Crippen LogP contribution in [0.4, 0.5) is 16.2 Å². The second-order valence-electron chi connectivity index (χ2n) is 9.31. The molecule has 0 unspecified atom stereocenters. The number of nitrogens with zero attached hydrogens (tertiary/aromatic N) is 4. The molecular formula is C25H29ClN4O5S. The molecule has 0 spiro atoms. The van der Waals surface area contributed by atoms with Gasteiger partial charge in [0.1, 0.15) is 17.1 Å². The number of aromatic nitrogens is 2. The van der Waals surface area contributed by atoms with Crippen LogP contribution in [0, 0.1) is 13.8 Å². The van der Waals surface area contributed by atoms with E-state index in [0.717, 1.165) is 11.1 Å². The third kappa shape index (κ3) is 6.44. The first-order chi connectivity index (χ1) is 16.8. The van der Waals surface area contributed by atoms with Gasteiger partial charge in [-0.2, -0.15) is 0 Å². The van der Waals surface area contributed by atoms with Crippen LogP contribution in [0.1, 0.15) is 48.2 Å². The van der Waals surface area contributed by atoms with Crippen LogP contribution in [0.3, 0.4) is 0 Å². The van der Waals surface area contributed by atoms with Crippen LogP contribution in [0.15, 0.2) is 48.7 Å². The van der Waals surface area contributed by atoms with E-state index < -0.39 is 28.5 Å². The Morgan fingerprint density at radius 1 is 1.06 bits per heavy atom. The highest BCUT2D eigenvalue weighted by Gasteiger charge is 2.24. The minimum atomic E-state index is -3.22. The summed E-state index contributed by atoms with van der Waals surface area (Å²) in [7, 11) is -1.62. The molecule has 192 valence electrons. The molecule has 1 heterocycles. The molecule has 9 nitrogen and oxygen atoms in total. The largest absolute Gasteiger partial charge is 0.443 e. The Morgan fingerprint density at radius 2 is 1.67 bits per heavy atom. The number of carbonyl (C=O) groups excluding carboxylic acids is 2. The third-order valence-electron chi connectivity index (χ3n) is 5.26. The minimum Gasteiger partial charge on any atom is -0.443 e. The average molecular weight is 533 g/mol. The summed E-state index contributed by atoms with van der Waals surface area (Å²) in [5, 5.41) is 0.410. The number of amides is 2. The molecule has 0 atom stereocenters. The van der Waals surface area contributed by atoms with Crippen LogP contribution in [-0.4, -0.2) is 42.6 Å². The second kappa shape index (κ2) is 10.7. The molecule has 0 saturated heterocycles. The van der Waals surface area contributed by atoms with Crippen LogP contribution in [0.25, 0.3) is 0 Å². The van der Waals surface area contributed by atoms with Gasteiger partial charge in [0.15, 0.2) is 0 Å². The molecule has 0 aliphatic rings. The number of ether oxygens (including phenoxy) is 1. The zero-order valence-electron chi connectivity index (χ0n) is 21.0. The number of hydrogen-bond acceptors (Lipinski definition) is 6. The van der Waals surface area contributed by atoms with E-state index in [1.807, 2.05) is 6.92 Å². The number of thiol groups is 1. The van der Waals surface area contributed by atoms with Gasteiger partial charge in [0.05, 0.1) is 12.2 Å². The third-order valence-corrected chi connectivity index (χ3v) is 6.35. The van der Waals surface area contributed by atoms with Crippen LogP contribution in [0.2, 0.25) is 5.02 Å². The molecule has 2 amide bonds. The molecule has 3 aromatic rings. The van der Waals surface area contributed by atoms with Crippen molar-refractivity contribution >= 4 is 45.9 Å². The van der Waals surface area contributed by atoms with Crippen LogP contribution in [0.5, 0.6) is 0 Å². The van der Waals surface area contributed by atoms with E-state index in [1.165, 1.54) is 11.1 Å². The van der Waals surface area contributed by atoms with E-state index in [9.17, 15) is 18.0 Å². The molecule has 0 aliphatic carbocycles. The van der Waals surface area contributed by atoms with Crippen molar-refractivity contribution in [1.29, 1.82) is 0 Å². The van der Waals surface area contributed by atoms with Gasteiger partial charge >= 0.3 is 6.09 Å². The predicted molar refractivity (Wildman–Crippen MR) is 140 cm³/mol. The van der Waals surface area contributed by atoms with Crippen molar-refractivity contribution in [2.24, 2.45) is 0 Å². The fourth-order valence-electron chi connectivity index (χ4n) is 3.34. The fraction of sp³-hybridized carbons (Fsp3) is 0.320. The summed E-state index contributed by atoms with van der Waals surface area (Å²) in [6, 6.07) is 11.8. The highest BCUT2D eigenvalue weighted by Crippen LogP contribution is 2.26. The molecule has 11 heteroatoms. The first-order valence-electron chi connectivity index (χ1n) is 11.1. The van der Waals surface area contributed by atoms with Crippen molar-refractivity contribution in [1.82, 2.24) is 9.55 Å². The van der Waals surface area contributed by atoms with Crippen molar-refractivity contribution in [3.05, 3.63) is 76.3 Å². The Morgan fingerprint density at radius 3 is 2.22 bits per heavy atom. The van der Waals surface area contributed by atoms with Crippen molar-refractivity contribution in [3.8, 4) is 0 Å². The Kier molecular flexibility index (Phi) is 8.10. The molecule has 0 radical (unpaired) electrons. The Bertz CT molecular complexity index is 1350. The summed E-state index contributed by atoms with van der Waals surface area (Å²) in [5.74, 6) is -0.244. The first kappa shape index (κ1) is 27.2. The number of halogens is 1. The van der Waals surface area contributed by atoms with Crippen molar-refractivity contribution in [2.75, 3.05) is 16.3 Å². The van der Waals surface area contributed by atoms with Gasteiger partial charge in [-0.3, -0.25) is 9.69 Å². The van der Waals surface area contributed by atoms with E-state index in [2.05, 4.69) is 4.98 Å². The maximum atomic E-state index is 13.0. The van der Waals surface area contributed by atoms with Crippen LogP contribution < -0.4 is 9.21 Å².